The van der Waals surface area contributed by atoms with E-state index in [0.717, 1.165) is 6.42 Å². The fourth-order valence-electron chi connectivity index (χ4n) is 3.31. The highest BCUT2D eigenvalue weighted by molar-refractivity contribution is 9.09. The first kappa shape index (κ1) is 8.71. The topological polar surface area (TPSA) is 63.6 Å². The number of hydrogen-bond donors (Lipinski definition) is 1. The Bertz CT molecular complexity index is 329. The second kappa shape index (κ2) is 2.51. The summed E-state index contributed by atoms with van der Waals surface area (Å²) in [6.07, 6.45) is 0.738. The largest absolute Gasteiger partial charge is 0.481 e. The summed E-state index contributed by atoms with van der Waals surface area (Å²) in [5.41, 5.74) is 0. The van der Waals surface area contributed by atoms with E-state index in [9.17, 15) is 9.59 Å². The van der Waals surface area contributed by atoms with Gasteiger partial charge in [-0.15, -0.1) is 0 Å². The average molecular weight is 261 g/mol. The van der Waals surface area contributed by atoms with Gasteiger partial charge in [0.2, 0.25) is 0 Å². The number of ether oxygens (including phenoxy) is 1. The first-order chi connectivity index (χ1) is 6.61. The van der Waals surface area contributed by atoms with Crippen molar-refractivity contribution in [2.24, 2.45) is 23.7 Å². The fourth-order valence-corrected chi connectivity index (χ4v) is 4.35. The van der Waals surface area contributed by atoms with Gasteiger partial charge in [-0.3, -0.25) is 9.59 Å². The van der Waals surface area contributed by atoms with Gasteiger partial charge in [-0.1, -0.05) is 15.9 Å². The summed E-state index contributed by atoms with van der Waals surface area (Å²) in [4.78, 5) is 22.5. The fraction of sp³-hybridized carbons (Fsp3) is 0.778. The Morgan fingerprint density at radius 3 is 2.86 bits per heavy atom. The predicted octanol–water partition coefficient (Wildman–Crippen LogP) is 0.642. The number of hydrogen-bond acceptors (Lipinski definition) is 3. The Kier molecular flexibility index (Phi) is 1.56. The summed E-state index contributed by atoms with van der Waals surface area (Å²) >= 11 is 3.44. The van der Waals surface area contributed by atoms with Gasteiger partial charge < -0.3 is 9.84 Å². The van der Waals surface area contributed by atoms with Crippen molar-refractivity contribution in [3.8, 4) is 0 Å². The molecule has 3 fully saturated rings. The SMILES string of the molecule is O=C(O)[C@@H]1[C@@H]2C[C@H]3[C@@H](OC(=O)[C@H]31)[C@H]2Br. The van der Waals surface area contributed by atoms with Crippen molar-refractivity contribution in [1.29, 1.82) is 0 Å². The molecule has 0 radical (unpaired) electrons. The molecular weight excluding hydrogens is 252 g/mol. The van der Waals surface area contributed by atoms with Crippen LogP contribution in [0.1, 0.15) is 6.42 Å². The zero-order valence-electron chi connectivity index (χ0n) is 7.22. The van der Waals surface area contributed by atoms with Crippen molar-refractivity contribution >= 4 is 27.9 Å². The first-order valence-electron chi connectivity index (χ1n) is 4.68. The van der Waals surface area contributed by atoms with Crippen LogP contribution in [0.5, 0.6) is 0 Å². The molecule has 0 unspecified atom stereocenters. The molecule has 6 atom stereocenters. The maximum atomic E-state index is 11.4. The van der Waals surface area contributed by atoms with Crippen molar-refractivity contribution < 1.29 is 19.4 Å². The van der Waals surface area contributed by atoms with Crippen molar-refractivity contribution in [1.82, 2.24) is 0 Å². The van der Waals surface area contributed by atoms with Gasteiger partial charge in [0.1, 0.15) is 6.10 Å². The highest BCUT2D eigenvalue weighted by Gasteiger charge is 2.67. The summed E-state index contributed by atoms with van der Waals surface area (Å²) in [7, 11) is 0. The third-order valence-electron chi connectivity index (χ3n) is 3.81. The van der Waals surface area contributed by atoms with Gasteiger partial charge in [-0.2, -0.15) is 0 Å². The van der Waals surface area contributed by atoms with Crippen LogP contribution in [0.25, 0.3) is 0 Å². The van der Waals surface area contributed by atoms with Crippen LogP contribution in [0, 0.1) is 23.7 Å². The normalized spacial score (nSPS) is 53.6. The van der Waals surface area contributed by atoms with Crippen molar-refractivity contribution in [2.75, 3.05) is 0 Å². The summed E-state index contributed by atoms with van der Waals surface area (Å²) in [6, 6.07) is 0. The Morgan fingerprint density at radius 2 is 2.21 bits per heavy atom. The van der Waals surface area contributed by atoms with E-state index in [4.69, 9.17) is 9.84 Å². The van der Waals surface area contributed by atoms with E-state index in [1.54, 1.807) is 0 Å². The standard InChI is InChI=1S/C9H9BrO4/c10-6-2-1-3-5(4(2)8(11)12)9(13)14-7(3)6/h2-7H,1H2,(H,11,12)/t2-,3+,4+,5+,6-,7+/m0/s1. The minimum absolute atomic E-state index is 0.0382. The number of esters is 1. The molecule has 0 amide bonds. The molecule has 5 heteroatoms. The number of alkyl halides is 1. The van der Waals surface area contributed by atoms with Gasteiger partial charge >= 0.3 is 11.9 Å². The molecule has 1 N–H and O–H groups in total. The summed E-state index contributed by atoms with van der Waals surface area (Å²) in [6.45, 7) is 0. The van der Waals surface area contributed by atoms with Crippen LogP contribution in [0.2, 0.25) is 0 Å². The third-order valence-corrected chi connectivity index (χ3v) is 5.01. The van der Waals surface area contributed by atoms with Crippen LogP contribution in [-0.4, -0.2) is 28.0 Å². The molecule has 0 spiro atoms. The van der Waals surface area contributed by atoms with E-state index < -0.39 is 11.9 Å². The average Bonchev–Trinajstić information content (AvgIpc) is 2.67. The number of fused-ring (bicyclic) bond motifs is 1. The highest BCUT2D eigenvalue weighted by Crippen LogP contribution is 2.59. The summed E-state index contributed by atoms with van der Waals surface area (Å²) in [5, 5.41) is 9.06. The molecule has 1 heterocycles. The van der Waals surface area contributed by atoms with Gasteiger partial charge in [0, 0.05) is 5.92 Å². The minimum atomic E-state index is -0.857. The quantitative estimate of drug-likeness (QED) is 0.555. The number of carboxylic acid groups (broad SMARTS) is 1. The zero-order chi connectivity index (χ0) is 10.0. The van der Waals surface area contributed by atoms with Crippen LogP contribution in [-0.2, 0) is 14.3 Å². The number of rotatable bonds is 1. The van der Waals surface area contributed by atoms with Crippen LogP contribution in [0.15, 0.2) is 0 Å². The molecule has 3 aliphatic rings. The summed E-state index contributed by atoms with van der Waals surface area (Å²) < 4.78 is 5.18. The molecule has 0 aromatic carbocycles. The number of halogens is 1. The predicted molar refractivity (Wildman–Crippen MR) is 48.8 cm³/mol. The molecule has 1 aliphatic heterocycles. The third kappa shape index (κ3) is 0.798. The molecular formula is C9H9BrO4. The molecule has 2 saturated carbocycles. The maximum Gasteiger partial charge on any atom is 0.310 e. The Morgan fingerprint density at radius 1 is 1.50 bits per heavy atom. The number of carbonyl (C=O) groups is 2. The van der Waals surface area contributed by atoms with E-state index in [2.05, 4.69) is 15.9 Å². The van der Waals surface area contributed by atoms with E-state index in [1.807, 2.05) is 0 Å². The molecule has 2 bridgehead atoms. The smallest absolute Gasteiger partial charge is 0.310 e. The number of aliphatic carboxylic acids is 1. The van der Waals surface area contributed by atoms with Gasteiger partial charge in [0.25, 0.3) is 0 Å². The molecule has 14 heavy (non-hydrogen) atoms. The summed E-state index contributed by atoms with van der Waals surface area (Å²) in [5.74, 6) is -1.87. The molecule has 3 rings (SSSR count). The first-order valence-corrected chi connectivity index (χ1v) is 5.60. The molecule has 2 aliphatic carbocycles. The lowest BCUT2D eigenvalue weighted by atomic mass is 9.80. The highest BCUT2D eigenvalue weighted by atomic mass is 79.9. The van der Waals surface area contributed by atoms with Crippen LogP contribution < -0.4 is 0 Å². The van der Waals surface area contributed by atoms with Crippen molar-refractivity contribution in [3.05, 3.63) is 0 Å². The van der Waals surface area contributed by atoms with Crippen molar-refractivity contribution in [3.63, 3.8) is 0 Å². The maximum absolute atomic E-state index is 11.4. The lowest BCUT2D eigenvalue weighted by Crippen LogP contribution is -2.37. The van der Waals surface area contributed by atoms with E-state index in [-0.39, 0.29) is 34.7 Å². The molecule has 0 aromatic heterocycles. The zero-order valence-corrected chi connectivity index (χ0v) is 8.81. The monoisotopic (exact) mass is 260 g/mol. The Hall–Kier alpha value is -0.580. The van der Waals surface area contributed by atoms with Gasteiger partial charge in [-0.05, 0) is 12.3 Å². The van der Waals surface area contributed by atoms with Gasteiger partial charge in [0.05, 0.1) is 16.7 Å². The second-order valence-corrected chi connectivity index (χ2v) is 5.36. The molecule has 0 aromatic rings. The number of carboxylic acids is 1. The minimum Gasteiger partial charge on any atom is -0.481 e. The van der Waals surface area contributed by atoms with Gasteiger partial charge in [-0.25, -0.2) is 0 Å². The van der Waals surface area contributed by atoms with Crippen LogP contribution in [0.4, 0.5) is 0 Å². The second-order valence-electron chi connectivity index (χ2n) is 4.30. The Labute approximate surface area is 88.7 Å². The molecule has 4 nitrogen and oxygen atoms in total. The Balaban J connectivity index is 2.04. The van der Waals surface area contributed by atoms with E-state index >= 15 is 0 Å². The molecule has 1 saturated heterocycles. The number of carbonyl (C=O) groups excluding carboxylic acids is 1. The van der Waals surface area contributed by atoms with Crippen LogP contribution in [0.3, 0.4) is 0 Å². The lowest BCUT2D eigenvalue weighted by molar-refractivity contribution is -0.151. The lowest BCUT2D eigenvalue weighted by Gasteiger charge is -2.25. The van der Waals surface area contributed by atoms with E-state index in [0.29, 0.717) is 0 Å². The van der Waals surface area contributed by atoms with E-state index in [1.165, 1.54) is 0 Å². The van der Waals surface area contributed by atoms with Gasteiger partial charge in [0.15, 0.2) is 0 Å². The molecule has 76 valence electrons. The van der Waals surface area contributed by atoms with Crippen molar-refractivity contribution in [2.45, 2.75) is 17.4 Å². The van der Waals surface area contributed by atoms with Crippen LogP contribution >= 0.6 is 15.9 Å².